The Morgan fingerprint density at radius 2 is 1.74 bits per heavy atom. The van der Waals surface area contributed by atoms with Crippen molar-refractivity contribution >= 4 is 17.7 Å². The summed E-state index contributed by atoms with van der Waals surface area (Å²) < 4.78 is 24.4. The predicted octanol–water partition coefficient (Wildman–Crippen LogP) is 4.37. The SMILES string of the molecule is O=C(O)c1cccc(-c2ccc(SC(F)F)cc2)c1. The van der Waals surface area contributed by atoms with Gasteiger partial charge in [0.05, 0.1) is 5.56 Å². The third-order valence-corrected chi connectivity index (χ3v) is 3.24. The number of thioether (sulfide) groups is 1. The molecule has 2 nitrogen and oxygen atoms in total. The quantitative estimate of drug-likeness (QED) is 0.845. The number of aromatic carboxylic acids is 1. The van der Waals surface area contributed by atoms with Crippen molar-refractivity contribution in [2.75, 3.05) is 0 Å². The molecule has 0 saturated carbocycles. The minimum absolute atomic E-state index is 0.198. The van der Waals surface area contributed by atoms with Gasteiger partial charge in [-0.1, -0.05) is 36.0 Å². The summed E-state index contributed by atoms with van der Waals surface area (Å²) in [5.74, 6) is -3.44. The normalized spacial score (nSPS) is 10.7. The van der Waals surface area contributed by atoms with E-state index in [0.717, 1.165) is 11.1 Å². The second-order valence-corrected chi connectivity index (χ2v) is 4.85. The highest BCUT2D eigenvalue weighted by molar-refractivity contribution is 7.99. The first-order valence-corrected chi connectivity index (χ1v) is 6.33. The first-order chi connectivity index (χ1) is 9.06. The van der Waals surface area contributed by atoms with Crippen LogP contribution in [0.5, 0.6) is 0 Å². The zero-order chi connectivity index (χ0) is 13.8. The lowest BCUT2D eigenvalue weighted by molar-refractivity contribution is 0.0697. The first-order valence-electron chi connectivity index (χ1n) is 5.45. The number of halogens is 2. The fourth-order valence-electron chi connectivity index (χ4n) is 1.66. The molecule has 19 heavy (non-hydrogen) atoms. The van der Waals surface area contributed by atoms with Crippen LogP contribution in [0.2, 0.25) is 0 Å². The van der Waals surface area contributed by atoms with Crippen molar-refractivity contribution in [2.24, 2.45) is 0 Å². The van der Waals surface area contributed by atoms with Gasteiger partial charge >= 0.3 is 5.97 Å². The molecule has 0 spiro atoms. The molecule has 0 radical (unpaired) electrons. The molecule has 2 aromatic carbocycles. The molecule has 0 unspecified atom stereocenters. The van der Waals surface area contributed by atoms with E-state index >= 15 is 0 Å². The Morgan fingerprint density at radius 3 is 2.32 bits per heavy atom. The summed E-state index contributed by atoms with van der Waals surface area (Å²) in [5, 5.41) is 8.91. The monoisotopic (exact) mass is 280 g/mol. The van der Waals surface area contributed by atoms with E-state index in [2.05, 4.69) is 0 Å². The van der Waals surface area contributed by atoms with Crippen molar-refractivity contribution in [3.8, 4) is 11.1 Å². The molecule has 2 aromatic rings. The van der Waals surface area contributed by atoms with E-state index in [4.69, 9.17) is 5.11 Å². The molecular weight excluding hydrogens is 270 g/mol. The maximum absolute atomic E-state index is 12.2. The van der Waals surface area contributed by atoms with Crippen molar-refractivity contribution in [2.45, 2.75) is 10.7 Å². The van der Waals surface area contributed by atoms with E-state index in [1.807, 2.05) is 0 Å². The van der Waals surface area contributed by atoms with E-state index < -0.39 is 11.7 Å². The number of carboxylic acid groups (broad SMARTS) is 1. The Balaban J connectivity index is 2.27. The standard InChI is InChI=1S/C14H10F2O2S/c15-14(16)19-12-6-4-9(5-7-12)10-2-1-3-11(8-10)13(17)18/h1-8,14H,(H,17,18). The molecule has 98 valence electrons. The third kappa shape index (κ3) is 3.54. The molecule has 0 aliphatic heterocycles. The van der Waals surface area contributed by atoms with Crippen LogP contribution in [0.3, 0.4) is 0 Å². The van der Waals surface area contributed by atoms with Gasteiger partial charge in [0, 0.05) is 4.90 Å². The van der Waals surface area contributed by atoms with Crippen molar-refractivity contribution in [1.29, 1.82) is 0 Å². The molecule has 0 aromatic heterocycles. The summed E-state index contributed by atoms with van der Waals surface area (Å²) in [4.78, 5) is 11.4. The molecular formula is C14H10F2O2S. The van der Waals surface area contributed by atoms with Crippen LogP contribution < -0.4 is 0 Å². The topological polar surface area (TPSA) is 37.3 Å². The maximum atomic E-state index is 12.2. The highest BCUT2D eigenvalue weighted by atomic mass is 32.2. The minimum atomic E-state index is -2.44. The Bertz CT molecular complexity index is 582. The number of benzene rings is 2. The molecule has 0 heterocycles. The summed E-state index contributed by atoms with van der Waals surface area (Å²) in [6.45, 7) is 0. The Kier molecular flexibility index (Phi) is 4.16. The fourth-order valence-corrected chi connectivity index (χ4v) is 2.16. The average molecular weight is 280 g/mol. The van der Waals surface area contributed by atoms with Crippen molar-refractivity contribution in [1.82, 2.24) is 0 Å². The van der Waals surface area contributed by atoms with Gasteiger partial charge in [-0.15, -0.1) is 0 Å². The zero-order valence-corrected chi connectivity index (χ0v) is 10.5. The smallest absolute Gasteiger partial charge is 0.335 e. The minimum Gasteiger partial charge on any atom is -0.478 e. The summed E-state index contributed by atoms with van der Waals surface area (Å²) in [6.07, 6.45) is 0. The van der Waals surface area contributed by atoms with Crippen LogP contribution in [-0.2, 0) is 0 Å². The lowest BCUT2D eigenvalue weighted by Gasteiger charge is -2.05. The van der Waals surface area contributed by atoms with Crippen LogP contribution in [0.1, 0.15) is 10.4 Å². The van der Waals surface area contributed by atoms with E-state index in [0.29, 0.717) is 16.7 Å². The number of hydrogen-bond donors (Lipinski definition) is 1. The highest BCUT2D eigenvalue weighted by Gasteiger charge is 2.07. The summed E-state index contributed by atoms with van der Waals surface area (Å²) >= 11 is 0.483. The van der Waals surface area contributed by atoms with Gasteiger partial charge in [0.25, 0.3) is 5.76 Å². The molecule has 0 fully saturated rings. The van der Waals surface area contributed by atoms with Crippen LogP contribution in [0.15, 0.2) is 53.4 Å². The van der Waals surface area contributed by atoms with Gasteiger partial charge in [-0.2, -0.15) is 8.78 Å². The molecule has 0 atom stereocenters. The molecule has 5 heteroatoms. The highest BCUT2D eigenvalue weighted by Crippen LogP contribution is 2.28. The van der Waals surface area contributed by atoms with Gasteiger partial charge in [0.2, 0.25) is 0 Å². The molecule has 2 rings (SSSR count). The first kappa shape index (κ1) is 13.5. The van der Waals surface area contributed by atoms with E-state index in [1.54, 1.807) is 42.5 Å². The van der Waals surface area contributed by atoms with Gasteiger partial charge < -0.3 is 5.11 Å². The van der Waals surface area contributed by atoms with Crippen LogP contribution >= 0.6 is 11.8 Å². The van der Waals surface area contributed by atoms with Gasteiger partial charge in [-0.05, 0) is 35.4 Å². The lowest BCUT2D eigenvalue weighted by atomic mass is 10.0. The van der Waals surface area contributed by atoms with Crippen molar-refractivity contribution in [3.63, 3.8) is 0 Å². The molecule has 0 amide bonds. The molecule has 0 saturated heterocycles. The molecule has 0 aliphatic rings. The largest absolute Gasteiger partial charge is 0.478 e. The maximum Gasteiger partial charge on any atom is 0.335 e. The van der Waals surface area contributed by atoms with E-state index in [9.17, 15) is 13.6 Å². The fraction of sp³-hybridized carbons (Fsp3) is 0.0714. The van der Waals surface area contributed by atoms with E-state index in [1.165, 1.54) is 6.07 Å². The van der Waals surface area contributed by atoms with Gasteiger partial charge in [-0.25, -0.2) is 4.79 Å². The third-order valence-electron chi connectivity index (χ3n) is 2.52. The Hall–Kier alpha value is -1.88. The van der Waals surface area contributed by atoms with Crippen LogP contribution in [0.4, 0.5) is 8.78 Å². The number of rotatable bonds is 4. The molecule has 1 N–H and O–H groups in total. The van der Waals surface area contributed by atoms with Gasteiger partial charge in [0.1, 0.15) is 0 Å². The molecule has 0 bridgehead atoms. The summed E-state index contributed by atoms with van der Waals surface area (Å²) in [5.41, 5.74) is 1.73. The van der Waals surface area contributed by atoms with Gasteiger partial charge in [-0.3, -0.25) is 0 Å². The second kappa shape index (κ2) is 5.84. The number of carbonyl (C=O) groups is 1. The second-order valence-electron chi connectivity index (χ2n) is 3.79. The zero-order valence-electron chi connectivity index (χ0n) is 9.72. The Labute approximate surface area is 113 Å². The number of carboxylic acids is 1. The van der Waals surface area contributed by atoms with Crippen molar-refractivity contribution < 1.29 is 18.7 Å². The predicted molar refractivity (Wildman–Crippen MR) is 70.7 cm³/mol. The Morgan fingerprint density at radius 1 is 1.05 bits per heavy atom. The number of alkyl halides is 2. The number of hydrogen-bond acceptors (Lipinski definition) is 2. The van der Waals surface area contributed by atoms with E-state index in [-0.39, 0.29) is 5.56 Å². The van der Waals surface area contributed by atoms with Crippen LogP contribution in [0.25, 0.3) is 11.1 Å². The summed E-state index contributed by atoms with van der Waals surface area (Å²) in [6, 6.07) is 13.1. The lowest BCUT2D eigenvalue weighted by Crippen LogP contribution is -1.95. The van der Waals surface area contributed by atoms with Crippen LogP contribution in [-0.4, -0.2) is 16.8 Å². The van der Waals surface area contributed by atoms with Gasteiger partial charge in [0.15, 0.2) is 0 Å². The molecule has 0 aliphatic carbocycles. The van der Waals surface area contributed by atoms with Crippen LogP contribution in [0, 0.1) is 0 Å². The van der Waals surface area contributed by atoms with Crippen molar-refractivity contribution in [3.05, 3.63) is 54.1 Å². The summed E-state index contributed by atoms with van der Waals surface area (Å²) in [7, 11) is 0. The average Bonchev–Trinajstić information content (AvgIpc) is 2.39.